The lowest BCUT2D eigenvalue weighted by molar-refractivity contribution is -0.109. The SMILES string of the molecule is CC(=O)SCCC#Cc1ccc(CNC(C)(C)C)cc1. The highest BCUT2D eigenvalue weighted by atomic mass is 32.2. The second kappa shape index (κ2) is 8.14. The lowest BCUT2D eigenvalue weighted by Gasteiger charge is -2.20. The van der Waals surface area contributed by atoms with Crippen LogP contribution in [0.25, 0.3) is 0 Å². The maximum Gasteiger partial charge on any atom is 0.185 e. The number of rotatable bonds is 4. The van der Waals surface area contributed by atoms with E-state index in [0.29, 0.717) is 0 Å². The molecule has 1 aromatic carbocycles. The summed E-state index contributed by atoms with van der Waals surface area (Å²) in [6.45, 7) is 8.93. The number of hydrogen-bond acceptors (Lipinski definition) is 3. The third-order valence-corrected chi connectivity index (χ3v) is 3.36. The molecule has 0 unspecified atom stereocenters. The summed E-state index contributed by atoms with van der Waals surface area (Å²) in [6, 6.07) is 8.30. The third-order valence-electron chi connectivity index (χ3n) is 2.54. The summed E-state index contributed by atoms with van der Waals surface area (Å²) < 4.78 is 0. The highest BCUT2D eigenvalue weighted by Crippen LogP contribution is 2.07. The molecule has 0 radical (unpaired) electrons. The molecule has 0 aliphatic carbocycles. The van der Waals surface area contributed by atoms with Gasteiger partial charge in [0.05, 0.1) is 0 Å². The zero-order valence-electron chi connectivity index (χ0n) is 12.7. The highest BCUT2D eigenvalue weighted by molar-refractivity contribution is 8.13. The van der Waals surface area contributed by atoms with E-state index in [-0.39, 0.29) is 10.7 Å². The Labute approximate surface area is 126 Å². The van der Waals surface area contributed by atoms with Crippen LogP contribution in [0, 0.1) is 11.8 Å². The van der Waals surface area contributed by atoms with Gasteiger partial charge in [-0.2, -0.15) is 0 Å². The van der Waals surface area contributed by atoms with Gasteiger partial charge in [-0.3, -0.25) is 4.79 Å². The second-order valence-electron chi connectivity index (χ2n) is 5.69. The van der Waals surface area contributed by atoms with Crippen LogP contribution in [0.15, 0.2) is 24.3 Å². The Bertz CT molecular complexity index is 488. The summed E-state index contributed by atoms with van der Waals surface area (Å²) in [5.74, 6) is 6.99. The van der Waals surface area contributed by atoms with Crippen molar-refractivity contribution in [2.75, 3.05) is 5.75 Å². The largest absolute Gasteiger partial charge is 0.308 e. The van der Waals surface area contributed by atoms with Crippen molar-refractivity contribution in [3.8, 4) is 11.8 Å². The first kappa shape index (κ1) is 16.8. The van der Waals surface area contributed by atoms with Crippen molar-refractivity contribution in [2.24, 2.45) is 0 Å². The second-order valence-corrected chi connectivity index (χ2v) is 6.96. The fraction of sp³-hybridized carbons (Fsp3) is 0.471. The van der Waals surface area contributed by atoms with Gasteiger partial charge in [-0.15, -0.1) is 0 Å². The van der Waals surface area contributed by atoms with E-state index in [1.54, 1.807) is 6.92 Å². The quantitative estimate of drug-likeness (QED) is 0.678. The van der Waals surface area contributed by atoms with Gasteiger partial charge in [0.25, 0.3) is 0 Å². The van der Waals surface area contributed by atoms with E-state index in [4.69, 9.17) is 0 Å². The molecule has 1 rings (SSSR count). The van der Waals surface area contributed by atoms with Crippen molar-refractivity contribution in [2.45, 2.75) is 46.2 Å². The number of thioether (sulfide) groups is 1. The molecule has 0 saturated heterocycles. The van der Waals surface area contributed by atoms with Crippen LogP contribution >= 0.6 is 11.8 Å². The summed E-state index contributed by atoms with van der Waals surface area (Å²) in [4.78, 5) is 10.8. The van der Waals surface area contributed by atoms with E-state index >= 15 is 0 Å². The molecule has 0 spiro atoms. The normalized spacial score (nSPS) is 10.8. The molecular weight excluding hydrogens is 266 g/mol. The van der Waals surface area contributed by atoms with Crippen LogP contribution in [-0.4, -0.2) is 16.4 Å². The monoisotopic (exact) mass is 289 g/mol. The van der Waals surface area contributed by atoms with E-state index in [9.17, 15) is 4.79 Å². The Morgan fingerprint density at radius 3 is 2.45 bits per heavy atom. The van der Waals surface area contributed by atoms with Gasteiger partial charge in [0.2, 0.25) is 0 Å². The average Bonchev–Trinajstić information content (AvgIpc) is 2.36. The van der Waals surface area contributed by atoms with Crippen LogP contribution in [0.5, 0.6) is 0 Å². The Morgan fingerprint density at radius 2 is 1.90 bits per heavy atom. The first-order valence-corrected chi connectivity index (χ1v) is 7.81. The van der Waals surface area contributed by atoms with E-state index in [0.717, 1.165) is 24.3 Å². The molecule has 108 valence electrons. The molecule has 0 aliphatic heterocycles. The number of hydrogen-bond donors (Lipinski definition) is 1. The number of benzene rings is 1. The number of carbonyl (C=O) groups excluding carboxylic acids is 1. The van der Waals surface area contributed by atoms with Crippen molar-refractivity contribution in [3.05, 3.63) is 35.4 Å². The van der Waals surface area contributed by atoms with Crippen LogP contribution in [0.4, 0.5) is 0 Å². The van der Waals surface area contributed by atoms with Crippen molar-refractivity contribution in [1.82, 2.24) is 5.32 Å². The van der Waals surface area contributed by atoms with Crippen LogP contribution in [0.3, 0.4) is 0 Å². The van der Waals surface area contributed by atoms with Gasteiger partial charge >= 0.3 is 0 Å². The minimum Gasteiger partial charge on any atom is -0.308 e. The molecule has 3 heteroatoms. The molecule has 0 saturated carbocycles. The molecule has 2 nitrogen and oxygen atoms in total. The predicted octanol–water partition coefficient (Wildman–Crippen LogP) is 3.60. The topological polar surface area (TPSA) is 29.1 Å². The Kier molecular flexibility index (Phi) is 6.84. The van der Waals surface area contributed by atoms with Gasteiger partial charge in [-0.25, -0.2) is 0 Å². The maximum absolute atomic E-state index is 10.8. The lowest BCUT2D eigenvalue weighted by Crippen LogP contribution is -2.35. The summed E-state index contributed by atoms with van der Waals surface area (Å²) in [7, 11) is 0. The molecule has 0 atom stereocenters. The molecule has 1 aromatic rings. The lowest BCUT2D eigenvalue weighted by atomic mass is 10.1. The van der Waals surface area contributed by atoms with E-state index in [1.807, 2.05) is 12.1 Å². The standard InChI is InChI=1S/C17H23NOS/c1-14(19)20-12-6-5-7-15-8-10-16(11-9-15)13-18-17(2,3)4/h8-11,18H,6,12-13H2,1-4H3. The summed E-state index contributed by atoms with van der Waals surface area (Å²) in [5, 5.41) is 3.61. The number of carbonyl (C=O) groups is 1. The first-order chi connectivity index (χ1) is 9.37. The molecule has 0 amide bonds. The maximum atomic E-state index is 10.8. The minimum atomic E-state index is 0.132. The van der Waals surface area contributed by atoms with Crippen molar-refractivity contribution in [1.29, 1.82) is 0 Å². The number of nitrogens with one attached hydrogen (secondary N) is 1. The van der Waals surface area contributed by atoms with Crippen molar-refractivity contribution >= 4 is 16.9 Å². The summed E-state index contributed by atoms with van der Waals surface area (Å²) in [5.41, 5.74) is 2.42. The van der Waals surface area contributed by atoms with Crippen LogP contribution in [-0.2, 0) is 11.3 Å². The van der Waals surface area contributed by atoms with Crippen LogP contribution in [0.2, 0.25) is 0 Å². The van der Waals surface area contributed by atoms with E-state index < -0.39 is 0 Å². The van der Waals surface area contributed by atoms with Gasteiger partial charge in [0, 0.05) is 36.7 Å². The molecule has 20 heavy (non-hydrogen) atoms. The van der Waals surface area contributed by atoms with Crippen molar-refractivity contribution in [3.63, 3.8) is 0 Å². The Hall–Kier alpha value is -1.24. The average molecular weight is 289 g/mol. The summed E-state index contributed by atoms with van der Waals surface area (Å²) >= 11 is 1.33. The minimum absolute atomic E-state index is 0.132. The van der Waals surface area contributed by atoms with Gasteiger partial charge < -0.3 is 5.32 Å². The molecule has 0 aliphatic rings. The van der Waals surface area contributed by atoms with Gasteiger partial charge in [0.15, 0.2) is 5.12 Å². The zero-order valence-corrected chi connectivity index (χ0v) is 13.6. The zero-order chi connectivity index (χ0) is 15.0. The fourth-order valence-electron chi connectivity index (χ4n) is 1.48. The van der Waals surface area contributed by atoms with E-state index in [1.165, 1.54) is 17.3 Å². The fourth-order valence-corrected chi connectivity index (χ4v) is 1.98. The molecular formula is C17H23NOS. The molecule has 0 bridgehead atoms. The van der Waals surface area contributed by atoms with E-state index in [2.05, 4.69) is 50.1 Å². The van der Waals surface area contributed by atoms with Crippen molar-refractivity contribution < 1.29 is 4.79 Å². The first-order valence-electron chi connectivity index (χ1n) is 6.83. The summed E-state index contributed by atoms with van der Waals surface area (Å²) in [6.07, 6.45) is 0.748. The smallest absolute Gasteiger partial charge is 0.185 e. The Morgan fingerprint density at radius 1 is 1.25 bits per heavy atom. The van der Waals surface area contributed by atoms with Crippen LogP contribution in [0.1, 0.15) is 45.2 Å². The van der Waals surface area contributed by atoms with Gasteiger partial charge in [0.1, 0.15) is 0 Å². The highest BCUT2D eigenvalue weighted by Gasteiger charge is 2.07. The molecule has 0 fully saturated rings. The molecule has 0 aromatic heterocycles. The third kappa shape index (κ3) is 8.04. The Balaban J connectivity index is 2.42. The molecule has 1 N–H and O–H groups in total. The molecule has 0 heterocycles. The van der Waals surface area contributed by atoms with Gasteiger partial charge in [-0.1, -0.05) is 35.7 Å². The predicted molar refractivity (Wildman–Crippen MR) is 87.7 cm³/mol. The van der Waals surface area contributed by atoms with Crippen LogP contribution < -0.4 is 5.32 Å². The van der Waals surface area contributed by atoms with Gasteiger partial charge in [-0.05, 0) is 38.5 Å².